The summed E-state index contributed by atoms with van der Waals surface area (Å²) in [6, 6.07) is 13.0. The third-order valence-corrected chi connectivity index (χ3v) is 3.98. The zero-order valence-electron chi connectivity index (χ0n) is 11.4. The van der Waals surface area contributed by atoms with Crippen LogP contribution in [-0.2, 0) is 4.79 Å². The molecule has 0 saturated carbocycles. The van der Waals surface area contributed by atoms with Crippen molar-refractivity contribution in [3.05, 3.63) is 59.9 Å². The maximum atomic E-state index is 12.4. The number of carbonyl (C=O) groups is 2. The molecule has 2 aromatic rings. The van der Waals surface area contributed by atoms with Gasteiger partial charge in [-0.3, -0.25) is 9.59 Å². The van der Waals surface area contributed by atoms with Crippen LogP contribution < -0.4 is 0 Å². The summed E-state index contributed by atoms with van der Waals surface area (Å²) >= 11 is 0. The van der Waals surface area contributed by atoms with E-state index in [0.717, 1.165) is 5.56 Å². The topological polar surface area (TPSA) is 73.4 Å². The van der Waals surface area contributed by atoms with Crippen molar-refractivity contribution in [1.82, 2.24) is 9.88 Å². The van der Waals surface area contributed by atoms with Gasteiger partial charge in [-0.2, -0.15) is 0 Å². The predicted octanol–water partition coefficient (Wildman–Crippen LogP) is 1.96. The number of benzene rings is 1. The monoisotopic (exact) mass is 284 g/mol. The summed E-state index contributed by atoms with van der Waals surface area (Å²) in [6.45, 7) is 0.672. The minimum absolute atomic E-state index is 0.148. The van der Waals surface area contributed by atoms with E-state index < -0.39 is 11.9 Å². The molecule has 0 spiro atoms. The fraction of sp³-hybridized carbons (Fsp3) is 0.250. The van der Waals surface area contributed by atoms with E-state index in [9.17, 15) is 14.7 Å². The average Bonchev–Trinajstić information content (AvgIpc) is 3.17. The molecule has 108 valence electrons. The van der Waals surface area contributed by atoms with Crippen molar-refractivity contribution in [3.8, 4) is 0 Å². The maximum Gasteiger partial charge on any atom is 0.308 e. The number of carboxylic acids is 1. The zero-order valence-corrected chi connectivity index (χ0v) is 11.4. The molecule has 0 radical (unpaired) electrons. The Kier molecular flexibility index (Phi) is 3.48. The number of aliphatic carboxylic acids is 1. The fourth-order valence-corrected chi connectivity index (χ4v) is 2.89. The molecule has 1 fully saturated rings. The van der Waals surface area contributed by atoms with Gasteiger partial charge in [0, 0.05) is 25.2 Å². The Hall–Kier alpha value is -2.56. The fourth-order valence-electron chi connectivity index (χ4n) is 2.89. The Labute approximate surface area is 122 Å². The van der Waals surface area contributed by atoms with Crippen LogP contribution in [0.2, 0.25) is 0 Å². The molecule has 5 heteroatoms. The van der Waals surface area contributed by atoms with Gasteiger partial charge in [0.25, 0.3) is 5.91 Å². The number of carbonyl (C=O) groups excluding carboxylic acids is 1. The van der Waals surface area contributed by atoms with Crippen LogP contribution in [0, 0.1) is 5.92 Å². The number of rotatable bonds is 3. The number of hydrogen-bond acceptors (Lipinski definition) is 2. The van der Waals surface area contributed by atoms with Crippen molar-refractivity contribution in [3.63, 3.8) is 0 Å². The van der Waals surface area contributed by atoms with Crippen LogP contribution in [0.5, 0.6) is 0 Å². The normalized spacial score (nSPS) is 21.4. The molecule has 1 amide bonds. The summed E-state index contributed by atoms with van der Waals surface area (Å²) < 4.78 is 0. The standard InChI is InChI=1S/C16H16N2O3/c19-15(14-7-4-8-17-14)18-9-12(13(10-18)16(20)21)11-5-2-1-3-6-11/h1-8,12-13,17H,9-10H2,(H,20,21)/t12-,13-/m1/s1. The van der Waals surface area contributed by atoms with Gasteiger partial charge in [-0.15, -0.1) is 0 Å². The molecule has 2 heterocycles. The Balaban J connectivity index is 1.85. The molecule has 21 heavy (non-hydrogen) atoms. The first-order chi connectivity index (χ1) is 10.2. The first-order valence-electron chi connectivity index (χ1n) is 6.87. The lowest BCUT2D eigenvalue weighted by Crippen LogP contribution is -2.30. The van der Waals surface area contributed by atoms with Crippen molar-refractivity contribution >= 4 is 11.9 Å². The number of likely N-dealkylation sites (tertiary alicyclic amines) is 1. The molecule has 0 aliphatic carbocycles. The summed E-state index contributed by atoms with van der Waals surface area (Å²) in [5, 5.41) is 9.43. The number of nitrogens with zero attached hydrogens (tertiary/aromatic N) is 1. The van der Waals surface area contributed by atoms with Gasteiger partial charge in [0.1, 0.15) is 5.69 Å². The Bertz CT molecular complexity index is 637. The molecular weight excluding hydrogens is 268 g/mol. The van der Waals surface area contributed by atoms with Gasteiger partial charge >= 0.3 is 5.97 Å². The Morgan fingerprint density at radius 2 is 1.86 bits per heavy atom. The summed E-state index contributed by atoms with van der Waals surface area (Å²) in [4.78, 5) is 28.3. The molecule has 0 bridgehead atoms. The lowest BCUT2D eigenvalue weighted by atomic mass is 9.89. The van der Waals surface area contributed by atoms with Gasteiger partial charge < -0.3 is 15.0 Å². The minimum atomic E-state index is -0.856. The van der Waals surface area contributed by atoms with Gasteiger partial charge in [-0.25, -0.2) is 0 Å². The summed E-state index contributed by atoms with van der Waals surface area (Å²) in [6.07, 6.45) is 1.69. The molecule has 2 atom stereocenters. The molecule has 1 aliphatic rings. The number of aromatic amines is 1. The summed E-state index contributed by atoms with van der Waals surface area (Å²) in [7, 11) is 0. The van der Waals surface area contributed by atoms with Gasteiger partial charge in [0.2, 0.25) is 0 Å². The van der Waals surface area contributed by atoms with Gasteiger partial charge in [0.15, 0.2) is 0 Å². The number of H-pyrrole nitrogens is 1. The van der Waals surface area contributed by atoms with E-state index in [1.165, 1.54) is 0 Å². The lowest BCUT2D eigenvalue weighted by molar-refractivity contribution is -0.141. The first-order valence-corrected chi connectivity index (χ1v) is 6.87. The molecule has 1 aliphatic heterocycles. The van der Waals surface area contributed by atoms with E-state index in [2.05, 4.69) is 4.98 Å². The zero-order chi connectivity index (χ0) is 14.8. The van der Waals surface area contributed by atoms with E-state index in [1.807, 2.05) is 30.3 Å². The quantitative estimate of drug-likeness (QED) is 0.904. The number of carboxylic acid groups (broad SMARTS) is 1. The van der Waals surface area contributed by atoms with Crippen molar-refractivity contribution in [2.75, 3.05) is 13.1 Å². The summed E-state index contributed by atoms with van der Waals surface area (Å²) in [5.41, 5.74) is 1.46. The number of amides is 1. The van der Waals surface area contributed by atoms with Gasteiger partial charge in [-0.1, -0.05) is 30.3 Å². The maximum absolute atomic E-state index is 12.4. The second kappa shape index (κ2) is 5.44. The third-order valence-electron chi connectivity index (χ3n) is 3.98. The van der Waals surface area contributed by atoms with Crippen LogP contribution in [0.15, 0.2) is 48.7 Å². The highest BCUT2D eigenvalue weighted by atomic mass is 16.4. The van der Waals surface area contributed by atoms with E-state index in [-0.39, 0.29) is 18.4 Å². The Morgan fingerprint density at radius 1 is 1.10 bits per heavy atom. The molecule has 1 aromatic carbocycles. The molecule has 0 unspecified atom stereocenters. The predicted molar refractivity (Wildman–Crippen MR) is 77.0 cm³/mol. The van der Waals surface area contributed by atoms with Gasteiger partial charge in [0.05, 0.1) is 5.92 Å². The second-order valence-corrected chi connectivity index (χ2v) is 5.26. The highest BCUT2D eigenvalue weighted by molar-refractivity contribution is 5.93. The van der Waals surface area contributed by atoms with Crippen LogP contribution in [-0.4, -0.2) is 40.0 Å². The Morgan fingerprint density at radius 3 is 2.48 bits per heavy atom. The van der Waals surface area contributed by atoms with Crippen LogP contribution in [0.25, 0.3) is 0 Å². The largest absolute Gasteiger partial charge is 0.481 e. The molecule has 5 nitrogen and oxygen atoms in total. The molecule has 1 saturated heterocycles. The first kappa shape index (κ1) is 13.4. The van der Waals surface area contributed by atoms with Gasteiger partial charge in [-0.05, 0) is 17.7 Å². The van der Waals surface area contributed by atoms with Crippen molar-refractivity contribution < 1.29 is 14.7 Å². The van der Waals surface area contributed by atoms with Crippen molar-refractivity contribution in [2.24, 2.45) is 5.92 Å². The third kappa shape index (κ3) is 2.54. The number of nitrogens with one attached hydrogen (secondary N) is 1. The minimum Gasteiger partial charge on any atom is -0.481 e. The van der Waals surface area contributed by atoms with Crippen LogP contribution in [0.4, 0.5) is 0 Å². The van der Waals surface area contributed by atoms with Crippen molar-refractivity contribution in [1.29, 1.82) is 0 Å². The number of aromatic nitrogens is 1. The van der Waals surface area contributed by atoms with Crippen LogP contribution in [0.3, 0.4) is 0 Å². The molecule has 3 rings (SSSR count). The van der Waals surface area contributed by atoms with E-state index >= 15 is 0 Å². The van der Waals surface area contributed by atoms with E-state index in [4.69, 9.17) is 0 Å². The SMILES string of the molecule is O=C(O)[C@@H]1CN(C(=O)c2ccc[nH]2)C[C@@H]1c1ccccc1. The average molecular weight is 284 g/mol. The molecule has 2 N–H and O–H groups in total. The molecule has 1 aromatic heterocycles. The van der Waals surface area contributed by atoms with Crippen LogP contribution in [0.1, 0.15) is 22.0 Å². The van der Waals surface area contributed by atoms with Crippen LogP contribution >= 0.6 is 0 Å². The summed E-state index contributed by atoms with van der Waals surface area (Å²) in [5.74, 6) is -1.73. The van der Waals surface area contributed by atoms with Crippen molar-refractivity contribution in [2.45, 2.75) is 5.92 Å². The lowest BCUT2D eigenvalue weighted by Gasteiger charge is -2.15. The molecular formula is C16H16N2O3. The smallest absolute Gasteiger partial charge is 0.308 e. The highest BCUT2D eigenvalue weighted by Crippen LogP contribution is 2.33. The van der Waals surface area contributed by atoms with E-state index in [1.54, 1.807) is 23.2 Å². The number of hydrogen-bond donors (Lipinski definition) is 2. The van der Waals surface area contributed by atoms with E-state index in [0.29, 0.717) is 12.2 Å². The second-order valence-electron chi connectivity index (χ2n) is 5.26. The highest BCUT2D eigenvalue weighted by Gasteiger charge is 2.40.